The van der Waals surface area contributed by atoms with Crippen molar-refractivity contribution in [1.29, 1.82) is 0 Å². The van der Waals surface area contributed by atoms with Crippen molar-refractivity contribution in [3.05, 3.63) is 29.8 Å². The molecule has 2 rings (SSSR count). The van der Waals surface area contributed by atoms with Crippen molar-refractivity contribution < 1.29 is 5.11 Å². The van der Waals surface area contributed by atoms with E-state index in [1.165, 1.54) is 5.56 Å². The highest BCUT2D eigenvalue weighted by Crippen LogP contribution is 2.15. The molecule has 1 aliphatic rings. The molecule has 0 aromatic heterocycles. The summed E-state index contributed by atoms with van der Waals surface area (Å²) in [6.07, 6.45) is 1.13. The Morgan fingerprint density at radius 1 is 1.23 bits per heavy atom. The van der Waals surface area contributed by atoms with E-state index in [-0.39, 0.29) is 12.4 Å². The van der Waals surface area contributed by atoms with E-state index in [0.717, 1.165) is 25.4 Å². The van der Waals surface area contributed by atoms with Crippen LogP contribution in [0.25, 0.3) is 0 Å². The van der Waals surface area contributed by atoms with Crippen LogP contribution in [-0.4, -0.2) is 18.2 Å². The lowest BCUT2D eigenvalue weighted by Gasteiger charge is -2.26. The summed E-state index contributed by atoms with van der Waals surface area (Å²) in [5, 5.41) is 12.3. The minimum absolute atomic E-state index is 0. The highest BCUT2D eigenvalue weighted by molar-refractivity contribution is 5.85. The first-order valence-corrected chi connectivity index (χ1v) is 4.33. The van der Waals surface area contributed by atoms with Gasteiger partial charge >= 0.3 is 0 Å². The van der Waals surface area contributed by atoms with Gasteiger partial charge in [0.25, 0.3) is 0 Å². The standard InChI is InChI=1S/C10H13NO.ClH/c12-10-3-1-8(2-4-10)5-9-6-11-7-9;/h1-4,9,11-12H,5-7H2;1H. The van der Waals surface area contributed by atoms with Crippen molar-refractivity contribution in [2.75, 3.05) is 13.1 Å². The van der Waals surface area contributed by atoms with E-state index in [4.69, 9.17) is 5.11 Å². The number of rotatable bonds is 2. The third kappa shape index (κ3) is 2.61. The van der Waals surface area contributed by atoms with Crippen molar-refractivity contribution >= 4 is 12.4 Å². The molecule has 2 nitrogen and oxygen atoms in total. The fourth-order valence-corrected chi connectivity index (χ4v) is 1.46. The van der Waals surface area contributed by atoms with Crippen LogP contribution in [0.1, 0.15) is 5.56 Å². The second-order valence-corrected chi connectivity index (χ2v) is 3.39. The predicted molar refractivity (Wildman–Crippen MR) is 55.4 cm³/mol. The van der Waals surface area contributed by atoms with Gasteiger partial charge in [-0.25, -0.2) is 0 Å². The van der Waals surface area contributed by atoms with Crippen LogP contribution >= 0.6 is 12.4 Å². The van der Waals surface area contributed by atoms with Gasteiger partial charge < -0.3 is 10.4 Å². The van der Waals surface area contributed by atoms with Crippen LogP contribution < -0.4 is 5.32 Å². The molecule has 1 aliphatic heterocycles. The molecule has 1 fully saturated rings. The monoisotopic (exact) mass is 199 g/mol. The number of phenols is 1. The molecule has 0 bridgehead atoms. The van der Waals surface area contributed by atoms with Crippen LogP contribution in [0.4, 0.5) is 0 Å². The Morgan fingerprint density at radius 3 is 2.31 bits per heavy atom. The minimum Gasteiger partial charge on any atom is -0.508 e. The van der Waals surface area contributed by atoms with Gasteiger partial charge in [-0.15, -0.1) is 12.4 Å². The summed E-state index contributed by atoms with van der Waals surface area (Å²) in [5.41, 5.74) is 1.32. The summed E-state index contributed by atoms with van der Waals surface area (Å²) in [7, 11) is 0. The number of phenolic OH excluding ortho intramolecular Hbond substituents is 1. The van der Waals surface area contributed by atoms with E-state index < -0.39 is 0 Å². The fraction of sp³-hybridized carbons (Fsp3) is 0.400. The lowest BCUT2D eigenvalue weighted by molar-refractivity contribution is 0.346. The first kappa shape index (κ1) is 10.4. The molecule has 0 aliphatic carbocycles. The SMILES string of the molecule is Cl.Oc1ccc(CC2CNC2)cc1. The van der Waals surface area contributed by atoms with Crippen molar-refractivity contribution in [3.8, 4) is 5.75 Å². The van der Waals surface area contributed by atoms with Crippen LogP contribution in [0.5, 0.6) is 5.75 Å². The Balaban J connectivity index is 0.000000845. The minimum atomic E-state index is 0. The van der Waals surface area contributed by atoms with E-state index in [9.17, 15) is 0 Å². The van der Waals surface area contributed by atoms with Gasteiger partial charge in [-0.05, 0) is 43.1 Å². The number of benzene rings is 1. The molecule has 0 unspecified atom stereocenters. The summed E-state index contributed by atoms with van der Waals surface area (Å²) in [6, 6.07) is 7.49. The Morgan fingerprint density at radius 2 is 1.85 bits per heavy atom. The van der Waals surface area contributed by atoms with Crippen LogP contribution in [-0.2, 0) is 6.42 Å². The lowest BCUT2D eigenvalue weighted by atomic mass is 9.94. The molecular formula is C10H14ClNO. The van der Waals surface area contributed by atoms with E-state index in [2.05, 4.69) is 5.32 Å². The van der Waals surface area contributed by atoms with Crippen molar-refractivity contribution in [1.82, 2.24) is 5.32 Å². The van der Waals surface area contributed by atoms with Crippen LogP contribution in [0, 0.1) is 5.92 Å². The Bertz CT molecular complexity index is 256. The largest absolute Gasteiger partial charge is 0.508 e. The molecule has 0 spiro atoms. The maximum absolute atomic E-state index is 9.05. The molecule has 0 atom stereocenters. The Hall–Kier alpha value is -0.730. The highest BCUT2D eigenvalue weighted by Gasteiger charge is 2.16. The summed E-state index contributed by atoms with van der Waals surface area (Å²) in [5.74, 6) is 1.15. The van der Waals surface area contributed by atoms with Crippen LogP contribution in [0.3, 0.4) is 0 Å². The molecule has 2 N–H and O–H groups in total. The maximum atomic E-state index is 9.05. The summed E-state index contributed by atoms with van der Waals surface area (Å²) >= 11 is 0. The van der Waals surface area contributed by atoms with E-state index in [1.807, 2.05) is 12.1 Å². The number of nitrogens with one attached hydrogen (secondary N) is 1. The van der Waals surface area contributed by atoms with Gasteiger partial charge in [0.1, 0.15) is 5.75 Å². The topological polar surface area (TPSA) is 32.3 Å². The molecule has 1 heterocycles. The molecule has 1 saturated heterocycles. The van der Waals surface area contributed by atoms with Crippen molar-refractivity contribution in [2.45, 2.75) is 6.42 Å². The molecular weight excluding hydrogens is 186 g/mol. The highest BCUT2D eigenvalue weighted by atomic mass is 35.5. The molecule has 3 heteroatoms. The normalized spacial score (nSPS) is 16.0. The first-order chi connectivity index (χ1) is 5.84. The second-order valence-electron chi connectivity index (χ2n) is 3.39. The average Bonchev–Trinajstić information content (AvgIpc) is 2.00. The Labute approximate surface area is 84.4 Å². The lowest BCUT2D eigenvalue weighted by Crippen LogP contribution is -2.43. The van der Waals surface area contributed by atoms with Crippen molar-refractivity contribution in [2.24, 2.45) is 5.92 Å². The van der Waals surface area contributed by atoms with Gasteiger partial charge in [0.05, 0.1) is 0 Å². The zero-order valence-electron chi connectivity index (χ0n) is 7.36. The zero-order valence-corrected chi connectivity index (χ0v) is 8.18. The molecule has 0 radical (unpaired) electrons. The van der Waals surface area contributed by atoms with Crippen LogP contribution in [0.2, 0.25) is 0 Å². The molecule has 1 aromatic rings. The summed E-state index contributed by atoms with van der Waals surface area (Å²) in [6.45, 7) is 2.28. The number of halogens is 1. The van der Waals surface area contributed by atoms with Crippen LogP contribution in [0.15, 0.2) is 24.3 Å². The maximum Gasteiger partial charge on any atom is 0.115 e. The predicted octanol–water partition coefficient (Wildman–Crippen LogP) is 1.58. The summed E-state index contributed by atoms with van der Waals surface area (Å²) in [4.78, 5) is 0. The molecule has 72 valence electrons. The Kier molecular flexibility index (Phi) is 3.58. The van der Waals surface area contributed by atoms with Crippen molar-refractivity contribution in [3.63, 3.8) is 0 Å². The third-order valence-electron chi connectivity index (χ3n) is 2.33. The number of aromatic hydroxyl groups is 1. The molecule has 0 saturated carbocycles. The molecule has 1 aromatic carbocycles. The number of hydrogen-bond acceptors (Lipinski definition) is 2. The van der Waals surface area contributed by atoms with E-state index >= 15 is 0 Å². The third-order valence-corrected chi connectivity index (χ3v) is 2.33. The molecule has 13 heavy (non-hydrogen) atoms. The number of hydrogen-bond donors (Lipinski definition) is 2. The van der Waals surface area contributed by atoms with Gasteiger partial charge in [-0.1, -0.05) is 12.1 Å². The van der Waals surface area contributed by atoms with Gasteiger partial charge in [-0.2, -0.15) is 0 Å². The average molecular weight is 200 g/mol. The fourth-order valence-electron chi connectivity index (χ4n) is 1.46. The van der Waals surface area contributed by atoms with Gasteiger partial charge in [0.15, 0.2) is 0 Å². The van der Waals surface area contributed by atoms with Gasteiger partial charge in [-0.3, -0.25) is 0 Å². The van der Waals surface area contributed by atoms with Gasteiger partial charge in [0, 0.05) is 0 Å². The first-order valence-electron chi connectivity index (χ1n) is 4.33. The van der Waals surface area contributed by atoms with E-state index in [1.54, 1.807) is 12.1 Å². The van der Waals surface area contributed by atoms with Gasteiger partial charge in [0.2, 0.25) is 0 Å². The van der Waals surface area contributed by atoms with E-state index in [0.29, 0.717) is 5.75 Å². The zero-order chi connectivity index (χ0) is 8.39. The second kappa shape index (κ2) is 4.49. The smallest absolute Gasteiger partial charge is 0.115 e. The quantitative estimate of drug-likeness (QED) is 0.758. The summed E-state index contributed by atoms with van der Waals surface area (Å²) < 4.78 is 0. The molecule has 0 amide bonds.